The van der Waals surface area contributed by atoms with Crippen LogP contribution in [-0.2, 0) is 16.1 Å². The molecule has 7 heteroatoms. The van der Waals surface area contributed by atoms with Gasteiger partial charge in [-0.25, -0.2) is 0 Å². The van der Waals surface area contributed by atoms with Gasteiger partial charge in [0.25, 0.3) is 0 Å². The molecule has 0 aliphatic carbocycles. The van der Waals surface area contributed by atoms with Crippen molar-refractivity contribution >= 4 is 35.2 Å². The van der Waals surface area contributed by atoms with Gasteiger partial charge in [-0.15, -0.1) is 11.8 Å². The van der Waals surface area contributed by atoms with Crippen LogP contribution in [0.3, 0.4) is 0 Å². The lowest BCUT2D eigenvalue weighted by molar-refractivity contribution is -0.123. The number of benzene rings is 2. The van der Waals surface area contributed by atoms with Crippen molar-refractivity contribution in [3.63, 3.8) is 0 Å². The molecule has 1 heterocycles. The van der Waals surface area contributed by atoms with Gasteiger partial charge >= 0.3 is 0 Å². The number of halogens is 1. The quantitative estimate of drug-likeness (QED) is 0.710. The number of hydrogen-bond donors (Lipinski definition) is 3. The van der Waals surface area contributed by atoms with Gasteiger partial charge in [-0.05, 0) is 17.2 Å². The zero-order valence-electron chi connectivity index (χ0n) is 14.1. The van der Waals surface area contributed by atoms with Crippen molar-refractivity contribution in [1.82, 2.24) is 16.0 Å². The molecule has 1 fully saturated rings. The molecule has 26 heavy (non-hydrogen) atoms. The van der Waals surface area contributed by atoms with E-state index in [0.29, 0.717) is 18.0 Å². The SMILES string of the molecule is O=C(CSC1NC(=O)CC(c2ccccc2)N1)NCc1ccccc1Cl. The Hall–Kier alpha value is -2.02. The normalized spacial score (nSPS) is 19.7. The van der Waals surface area contributed by atoms with Crippen molar-refractivity contribution < 1.29 is 9.59 Å². The fourth-order valence-electron chi connectivity index (χ4n) is 2.71. The zero-order valence-corrected chi connectivity index (χ0v) is 15.6. The first-order valence-electron chi connectivity index (χ1n) is 8.34. The summed E-state index contributed by atoms with van der Waals surface area (Å²) in [5.41, 5.74) is 1.64. The number of carbonyl (C=O) groups is 2. The number of rotatable bonds is 6. The van der Waals surface area contributed by atoms with Crippen molar-refractivity contribution in [2.75, 3.05) is 5.75 Å². The second-order valence-electron chi connectivity index (χ2n) is 5.96. The molecule has 2 unspecified atom stereocenters. The second-order valence-corrected chi connectivity index (χ2v) is 7.46. The Morgan fingerprint density at radius 3 is 2.65 bits per heavy atom. The Balaban J connectivity index is 1.48. The highest BCUT2D eigenvalue weighted by Crippen LogP contribution is 2.23. The first kappa shape index (κ1) is 18.8. The largest absolute Gasteiger partial charge is 0.351 e. The lowest BCUT2D eigenvalue weighted by Crippen LogP contribution is -2.51. The topological polar surface area (TPSA) is 70.2 Å². The first-order valence-corrected chi connectivity index (χ1v) is 9.76. The number of carbonyl (C=O) groups excluding carboxylic acids is 2. The van der Waals surface area contributed by atoms with E-state index in [1.807, 2.05) is 48.5 Å². The van der Waals surface area contributed by atoms with Crippen molar-refractivity contribution in [2.45, 2.75) is 24.5 Å². The van der Waals surface area contributed by atoms with Crippen molar-refractivity contribution in [1.29, 1.82) is 0 Å². The van der Waals surface area contributed by atoms with Crippen LogP contribution in [0, 0.1) is 0 Å². The summed E-state index contributed by atoms with van der Waals surface area (Å²) in [5.74, 6) is 0.114. The minimum atomic E-state index is -0.299. The molecule has 3 rings (SSSR count). The molecular weight excluding hydrogens is 370 g/mol. The minimum absolute atomic E-state index is 0.0217. The third-order valence-corrected chi connectivity index (χ3v) is 5.44. The fourth-order valence-corrected chi connectivity index (χ4v) is 3.81. The van der Waals surface area contributed by atoms with Gasteiger partial charge < -0.3 is 10.6 Å². The molecule has 0 spiro atoms. The first-order chi connectivity index (χ1) is 12.6. The molecule has 1 saturated heterocycles. The van der Waals surface area contributed by atoms with Crippen molar-refractivity contribution in [3.05, 3.63) is 70.7 Å². The van der Waals surface area contributed by atoms with Crippen molar-refractivity contribution in [2.24, 2.45) is 0 Å². The van der Waals surface area contributed by atoms with Gasteiger partial charge in [0.2, 0.25) is 11.8 Å². The molecule has 5 nitrogen and oxygen atoms in total. The summed E-state index contributed by atoms with van der Waals surface area (Å²) in [6.07, 6.45) is 0.389. The number of thioether (sulfide) groups is 1. The van der Waals surface area contributed by atoms with Crippen LogP contribution >= 0.6 is 23.4 Å². The van der Waals surface area contributed by atoms with E-state index in [4.69, 9.17) is 11.6 Å². The highest BCUT2D eigenvalue weighted by molar-refractivity contribution is 8.00. The Labute approximate surface area is 161 Å². The lowest BCUT2D eigenvalue weighted by atomic mass is 10.0. The van der Waals surface area contributed by atoms with Gasteiger partial charge in [-0.2, -0.15) is 0 Å². The summed E-state index contributed by atoms with van der Waals surface area (Å²) >= 11 is 7.44. The molecule has 3 N–H and O–H groups in total. The summed E-state index contributed by atoms with van der Waals surface area (Å²) in [4.78, 5) is 24.1. The maximum atomic E-state index is 12.1. The zero-order chi connectivity index (χ0) is 18.4. The van der Waals surface area contributed by atoms with Crippen LogP contribution < -0.4 is 16.0 Å². The number of amides is 2. The van der Waals surface area contributed by atoms with Crippen LogP contribution in [-0.4, -0.2) is 23.1 Å². The predicted octanol–water partition coefficient (Wildman–Crippen LogP) is 2.82. The minimum Gasteiger partial charge on any atom is -0.351 e. The van der Waals surface area contributed by atoms with E-state index in [0.717, 1.165) is 11.1 Å². The van der Waals surface area contributed by atoms with E-state index in [2.05, 4.69) is 16.0 Å². The standard InChI is InChI=1S/C19H20ClN3O2S/c20-15-9-5-4-8-14(15)11-21-18(25)12-26-19-22-16(10-17(24)23-19)13-6-2-1-3-7-13/h1-9,16,19,22H,10-12H2,(H,21,25)(H,23,24). The lowest BCUT2D eigenvalue weighted by Gasteiger charge is -2.31. The van der Waals surface area contributed by atoms with E-state index >= 15 is 0 Å². The summed E-state index contributed by atoms with van der Waals surface area (Å²) in [6, 6.07) is 17.2. The third-order valence-electron chi connectivity index (χ3n) is 4.05. The number of nitrogens with one attached hydrogen (secondary N) is 3. The molecule has 2 aromatic rings. The Morgan fingerprint density at radius 2 is 1.88 bits per heavy atom. The Bertz CT molecular complexity index is 772. The Kier molecular flexibility index (Phi) is 6.55. The van der Waals surface area contributed by atoms with Crippen LogP contribution in [0.2, 0.25) is 5.02 Å². The molecule has 0 radical (unpaired) electrons. The van der Waals surface area contributed by atoms with Crippen LogP contribution in [0.5, 0.6) is 0 Å². The third kappa shape index (κ3) is 5.24. The molecule has 2 atom stereocenters. The average molecular weight is 390 g/mol. The van der Waals surface area contributed by atoms with Crippen LogP contribution in [0.25, 0.3) is 0 Å². The van der Waals surface area contributed by atoms with Crippen LogP contribution in [0.4, 0.5) is 0 Å². The van der Waals surface area contributed by atoms with Gasteiger partial charge in [0.1, 0.15) is 5.50 Å². The highest BCUT2D eigenvalue weighted by atomic mass is 35.5. The molecule has 1 aliphatic rings. The molecule has 0 aromatic heterocycles. The van der Waals surface area contributed by atoms with Gasteiger partial charge in [0.15, 0.2) is 0 Å². The van der Waals surface area contributed by atoms with Gasteiger partial charge in [-0.1, -0.05) is 60.1 Å². The Morgan fingerprint density at radius 1 is 1.15 bits per heavy atom. The van der Waals surface area contributed by atoms with E-state index < -0.39 is 0 Å². The number of hydrogen-bond acceptors (Lipinski definition) is 4. The molecule has 2 amide bonds. The van der Waals surface area contributed by atoms with Crippen LogP contribution in [0.1, 0.15) is 23.6 Å². The summed E-state index contributed by atoms with van der Waals surface area (Å²) in [6.45, 7) is 0.385. The van der Waals surface area contributed by atoms with E-state index in [-0.39, 0.29) is 29.1 Å². The van der Waals surface area contributed by atoms with E-state index in [1.165, 1.54) is 11.8 Å². The molecule has 0 bridgehead atoms. The van der Waals surface area contributed by atoms with Gasteiger partial charge in [0, 0.05) is 24.0 Å². The predicted molar refractivity (Wildman–Crippen MR) is 105 cm³/mol. The second kappa shape index (κ2) is 9.07. The monoisotopic (exact) mass is 389 g/mol. The summed E-state index contributed by atoms with van der Waals surface area (Å²) in [7, 11) is 0. The maximum Gasteiger partial charge on any atom is 0.230 e. The van der Waals surface area contributed by atoms with Crippen molar-refractivity contribution in [3.8, 4) is 0 Å². The molecule has 136 valence electrons. The molecule has 1 aliphatic heterocycles. The smallest absolute Gasteiger partial charge is 0.230 e. The fraction of sp³-hybridized carbons (Fsp3) is 0.263. The molecular formula is C19H20ClN3O2S. The summed E-state index contributed by atoms with van der Waals surface area (Å²) in [5, 5.41) is 9.72. The maximum absolute atomic E-state index is 12.1. The average Bonchev–Trinajstić information content (AvgIpc) is 2.66. The van der Waals surface area contributed by atoms with Gasteiger partial charge in [0.05, 0.1) is 5.75 Å². The van der Waals surface area contributed by atoms with E-state index in [9.17, 15) is 9.59 Å². The molecule has 0 saturated carbocycles. The van der Waals surface area contributed by atoms with E-state index in [1.54, 1.807) is 6.07 Å². The van der Waals surface area contributed by atoms with Gasteiger partial charge in [-0.3, -0.25) is 14.9 Å². The molecule has 2 aromatic carbocycles. The highest BCUT2D eigenvalue weighted by Gasteiger charge is 2.27. The van der Waals surface area contributed by atoms with Crippen LogP contribution in [0.15, 0.2) is 54.6 Å². The summed E-state index contributed by atoms with van der Waals surface area (Å²) < 4.78 is 0.